The zero-order valence-corrected chi connectivity index (χ0v) is 18.7. The average Bonchev–Trinajstić information content (AvgIpc) is 3.45. The van der Waals surface area contributed by atoms with Gasteiger partial charge in [0.05, 0.1) is 6.61 Å². The van der Waals surface area contributed by atoms with Crippen molar-refractivity contribution < 1.29 is 9.13 Å². The number of aryl methyl sites for hydroxylation is 3. The van der Waals surface area contributed by atoms with E-state index in [1.807, 2.05) is 12.1 Å². The molecule has 1 aliphatic carbocycles. The largest absolute Gasteiger partial charge is 0.381 e. The van der Waals surface area contributed by atoms with Crippen molar-refractivity contribution in [1.29, 1.82) is 0 Å². The molecule has 3 nitrogen and oxygen atoms in total. The number of hydrogen-bond acceptors (Lipinski definition) is 3. The molecule has 0 unspecified atom stereocenters. The number of pyridine rings is 1. The average molecular weight is 411 g/mol. The summed E-state index contributed by atoms with van der Waals surface area (Å²) in [6.07, 6.45) is 8.88. The van der Waals surface area contributed by atoms with Gasteiger partial charge in [-0.05, 0) is 93.8 Å². The van der Waals surface area contributed by atoms with Crippen molar-refractivity contribution in [1.82, 2.24) is 9.88 Å². The van der Waals surface area contributed by atoms with Crippen molar-refractivity contribution in [3.63, 3.8) is 0 Å². The molecule has 1 aliphatic heterocycles. The third-order valence-electron chi connectivity index (χ3n) is 7.25. The summed E-state index contributed by atoms with van der Waals surface area (Å²) >= 11 is 0. The number of nitrogens with zero attached hydrogens (tertiary/aromatic N) is 2. The lowest BCUT2D eigenvalue weighted by Crippen LogP contribution is -2.38. The van der Waals surface area contributed by atoms with Crippen LogP contribution in [0.25, 0.3) is 0 Å². The minimum absolute atomic E-state index is 0.163. The normalized spacial score (nSPS) is 23.1. The Balaban J connectivity index is 1.52. The predicted octanol–water partition coefficient (Wildman–Crippen LogP) is 5.44. The van der Waals surface area contributed by atoms with Crippen molar-refractivity contribution in [2.75, 3.05) is 26.3 Å². The second-order valence-electron chi connectivity index (χ2n) is 9.30. The van der Waals surface area contributed by atoms with E-state index in [0.717, 1.165) is 57.7 Å². The minimum Gasteiger partial charge on any atom is -0.381 e. The van der Waals surface area contributed by atoms with E-state index >= 15 is 0 Å². The molecule has 0 spiro atoms. The van der Waals surface area contributed by atoms with Gasteiger partial charge in [-0.1, -0.05) is 19.1 Å². The molecule has 0 N–H and O–H groups in total. The molecule has 30 heavy (non-hydrogen) atoms. The molecule has 2 aliphatic rings. The van der Waals surface area contributed by atoms with Crippen LogP contribution in [-0.2, 0) is 23.1 Å². The van der Waals surface area contributed by atoms with Gasteiger partial charge in [-0.3, -0.25) is 9.88 Å². The van der Waals surface area contributed by atoms with E-state index in [4.69, 9.17) is 4.74 Å². The highest BCUT2D eigenvalue weighted by Gasteiger charge is 2.54. The molecule has 1 saturated carbocycles. The lowest BCUT2D eigenvalue weighted by molar-refractivity contribution is 0.0443. The fraction of sp³-hybridized carbons (Fsp3) is 0.577. The zero-order chi connectivity index (χ0) is 21.2. The van der Waals surface area contributed by atoms with E-state index in [0.29, 0.717) is 0 Å². The number of aromatic nitrogens is 1. The van der Waals surface area contributed by atoms with E-state index in [1.54, 1.807) is 12.1 Å². The Morgan fingerprint density at radius 2 is 1.90 bits per heavy atom. The zero-order valence-electron chi connectivity index (χ0n) is 18.7. The lowest BCUT2D eigenvalue weighted by Gasteiger charge is -2.34. The Labute approximate surface area is 180 Å². The molecule has 162 valence electrons. The molecular weight excluding hydrogens is 375 g/mol. The molecule has 1 aromatic heterocycles. The summed E-state index contributed by atoms with van der Waals surface area (Å²) in [4.78, 5) is 7.38. The summed E-state index contributed by atoms with van der Waals surface area (Å²) in [7, 11) is 0. The quantitative estimate of drug-likeness (QED) is 0.550. The van der Waals surface area contributed by atoms with E-state index in [9.17, 15) is 4.39 Å². The van der Waals surface area contributed by atoms with Crippen LogP contribution in [0, 0.1) is 18.2 Å². The fourth-order valence-electron chi connectivity index (χ4n) is 5.28. The first-order valence-electron chi connectivity index (χ1n) is 11.5. The van der Waals surface area contributed by atoms with E-state index in [-0.39, 0.29) is 16.8 Å². The van der Waals surface area contributed by atoms with E-state index in [1.165, 1.54) is 29.5 Å². The smallest absolute Gasteiger partial charge is 0.123 e. The molecule has 2 aromatic rings. The number of rotatable bonds is 9. The fourth-order valence-corrected chi connectivity index (χ4v) is 5.28. The van der Waals surface area contributed by atoms with Crippen LogP contribution in [0.3, 0.4) is 0 Å². The second kappa shape index (κ2) is 8.76. The van der Waals surface area contributed by atoms with Gasteiger partial charge in [0, 0.05) is 36.0 Å². The SMILES string of the molecule is CCOC[C@]1(CCc2ccc(F)cc2)CCN(C2(c3cnc(C)cc3CC)CC2)C1. The monoisotopic (exact) mass is 410 g/mol. The van der Waals surface area contributed by atoms with Crippen LogP contribution in [0.4, 0.5) is 4.39 Å². The molecule has 2 heterocycles. The van der Waals surface area contributed by atoms with Gasteiger partial charge in [-0.2, -0.15) is 0 Å². The van der Waals surface area contributed by atoms with Crippen molar-refractivity contribution in [3.8, 4) is 0 Å². The van der Waals surface area contributed by atoms with Crippen molar-refractivity contribution in [3.05, 3.63) is 64.7 Å². The van der Waals surface area contributed by atoms with Gasteiger partial charge in [0.2, 0.25) is 0 Å². The third-order valence-corrected chi connectivity index (χ3v) is 7.25. The first kappa shape index (κ1) is 21.5. The van der Waals surface area contributed by atoms with Crippen LogP contribution in [0.15, 0.2) is 36.5 Å². The van der Waals surface area contributed by atoms with Crippen LogP contribution < -0.4 is 0 Å². The highest BCUT2D eigenvalue weighted by Crippen LogP contribution is 2.55. The molecule has 4 rings (SSSR count). The van der Waals surface area contributed by atoms with Crippen LogP contribution in [0.2, 0.25) is 0 Å². The second-order valence-corrected chi connectivity index (χ2v) is 9.30. The Morgan fingerprint density at radius 1 is 1.13 bits per heavy atom. The molecule has 0 amide bonds. The topological polar surface area (TPSA) is 25.4 Å². The number of ether oxygens (including phenoxy) is 1. The third kappa shape index (κ3) is 4.31. The first-order chi connectivity index (χ1) is 14.5. The van der Waals surface area contributed by atoms with Crippen LogP contribution in [0.1, 0.15) is 61.9 Å². The molecule has 2 fully saturated rings. The van der Waals surface area contributed by atoms with Gasteiger partial charge < -0.3 is 4.74 Å². The molecular formula is C26H35FN2O. The maximum atomic E-state index is 13.3. The maximum absolute atomic E-state index is 13.3. The van der Waals surface area contributed by atoms with Gasteiger partial charge >= 0.3 is 0 Å². The highest BCUT2D eigenvalue weighted by molar-refractivity contribution is 5.37. The Morgan fingerprint density at radius 3 is 2.57 bits per heavy atom. The maximum Gasteiger partial charge on any atom is 0.123 e. The van der Waals surface area contributed by atoms with Crippen LogP contribution in [-0.4, -0.2) is 36.2 Å². The number of likely N-dealkylation sites (tertiary alicyclic amines) is 1. The molecule has 1 atom stereocenters. The Bertz CT molecular complexity index is 862. The van der Waals surface area contributed by atoms with E-state index < -0.39 is 0 Å². The standard InChI is InChI=1S/C26H35FN2O/c1-4-22-16-20(3)28-17-24(22)26(12-13-26)29-15-14-25(18-29,19-30-5-2)11-10-21-6-8-23(27)9-7-21/h6-9,16-17H,4-5,10-15,18-19H2,1-3H3/t25-/m1/s1. The van der Waals surface area contributed by atoms with Crippen LogP contribution in [0.5, 0.6) is 0 Å². The molecule has 1 aromatic carbocycles. The number of halogens is 1. The molecule has 4 heteroatoms. The predicted molar refractivity (Wildman–Crippen MR) is 119 cm³/mol. The van der Waals surface area contributed by atoms with Gasteiger partial charge in [0.1, 0.15) is 5.82 Å². The van der Waals surface area contributed by atoms with Crippen molar-refractivity contribution >= 4 is 0 Å². The van der Waals surface area contributed by atoms with Gasteiger partial charge in [-0.25, -0.2) is 4.39 Å². The number of benzene rings is 1. The summed E-state index contributed by atoms with van der Waals surface area (Å²) in [5, 5.41) is 0. The van der Waals surface area contributed by atoms with Crippen molar-refractivity contribution in [2.24, 2.45) is 5.41 Å². The summed E-state index contributed by atoms with van der Waals surface area (Å²) in [5.41, 5.74) is 5.57. The van der Waals surface area contributed by atoms with Gasteiger partial charge in [-0.15, -0.1) is 0 Å². The van der Waals surface area contributed by atoms with Crippen molar-refractivity contribution in [2.45, 2.75) is 64.8 Å². The van der Waals surface area contributed by atoms with Gasteiger partial charge in [0.25, 0.3) is 0 Å². The summed E-state index contributed by atoms with van der Waals surface area (Å²) in [6, 6.07) is 9.25. The Kier molecular flexibility index (Phi) is 6.26. The highest BCUT2D eigenvalue weighted by atomic mass is 19.1. The summed E-state index contributed by atoms with van der Waals surface area (Å²) in [5.74, 6) is -0.163. The molecule has 0 radical (unpaired) electrons. The van der Waals surface area contributed by atoms with Crippen LogP contribution >= 0.6 is 0 Å². The van der Waals surface area contributed by atoms with E-state index in [2.05, 4.69) is 42.9 Å². The Hall–Kier alpha value is -1.78. The first-order valence-corrected chi connectivity index (χ1v) is 11.5. The summed E-state index contributed by atoms with van der Waals surface area (Å²) in [6.45, 7) is 10.2. The molecule has 0 bridgehead atoms. The minimum atomic E-state index is -0.163. The molecule has 1 saturated heterocycles. The number of hydrogen-bond donors (Lipinski definition) is 0. The lowest BCUT2D eigenvalue weighted by atomic mass is 9.82. The van der Waals surface area contributed by atoms with Gasteiger partial charge in [0.15, 0.2) is 0 Å². The summed E-state index contributed by atoms with van der Waals surface area (Å²) < 4.78 is 19.3.